The fourth-order valence-electron chi connectivity index (χ4n) is 1.78. The first-order chi connectivity index (χ1) is 6.82. The summed E-state index contributed by atoms with van der Waals surface area (Å²) in [4.78, 5) is 5.30. The Kier molecular flexibility index (Phi) is 1.47. The van der Waals surface area contributed by atoms with Crippen molar-refractivity contribution in [1.82, 2.24) is 0 Å². The molecule has 0 aromatic heterocycles. The van der Waals surface area contributed by atoms with Gasteiger partial charge in [-0.25, -0.2) is 0 Å². The Morgan fingerprint density at radius 2 is 2.07 bits per heavy atom. The zero-order valence-electron chi connectivity index (χ0n) is 7.93. The number of ether oxygens (including phenoxy) is 1. The first kappa shape index (κ1) is 8.00. The lowest BCUT2D eigenvalue weighted by Gasteiger charge is -2.08. The average Bonchev–Trinajstić information content (AvgIpc) is 2.93. The molecule has 72 valence electrons. The van der Waals surface area contributed by atoms with Crippen molar-refractivity contribution in [1.29, 1.82) is 0 Å². The molecule has 2 aliphatic rings. The Morgan fingerprint density at radius 3 is 2.64 bits per heavy atom. The van der Waals surface area contributed by atoms with Crippen molar-refractivity contribution in [3.63, 3.8) is 0 Å². The van der Waals surface area contributed by atoms with Crippen LogP contribution in [0.1, 0.15) is 12.5 Å². The summed E-state index contributed by atoms with van der Waals surface area (Å²) in [5, 5.41) is 4.09. The maximum Gasteiger partial charge on any atom is 0.269 e. The Balaban J connectivity index is 1.94. The summed E-state index contributed by atoms with van der Waals surface area (Å²) < 4.78 is 5.28. The standard InChI is InChI=1S/C11H11NO2/c1-8-10(9-5-3-2-4-6-9)12-14-11(8)7-13-11/h2-6,8H,7H2,1H3. The van der Waals surface area contributed by atoms with E-state index in [4.69, 9.17) is 9.57 Å². The third kappa shape index (κ3) is 0.990. The molecule has 2 aliphatic heterocycles. The topological polar surface area (TPSA) is 34.1 Å². The van der Waals surface area contributed by atoms with Crippen molar-refractivity contribution in [2.75, 3.05) is 6.61 Å². The van der Waals surface area contributed by atoms with Crippen LogP contribution in [-0.4, -0.2) is 18.1 Å². The minimum Gasteiger partial charge on any atom is -0.357 e. The van der Waals surface area contributed by atoms with Gasteiger partial charge in [-0.15, -0.1) is 0 Å². The molecule has 1 aromatic rings. The van der Waals surface area contributed by atoms with Crippen LogP contribution in [0.25, 0.3) is 0 Å². The van der Waals surface area contributed by atoms with Gasteiger partial charge < -0.3 is 9.57 Å². The summed E-state index contributed by atoms with van der Waals surface area (Å²) >= 11 is 0. The number of hydrogen-bond acceptors (Lipinski definition) is 3. The maximum atomic E-state index is 5.30. The predicted molar refractivity (Wildman–Crippen MR) is 51.9 cm³/mol. The lowest BCUT2D eigenvalue weighted by Crippen LogP contribution is -2.23. The largest absolute Gasteiger partial charge is 0.357 e. The van der Waals surface area contributed by atoms with E-state index in [0.717, 1.165) is 11.3 Å². The molecule has 3 rings (SSSR count). The van der Waals surface area contributed by atoms with E-state index in [1.807, 2.05) is 30.3 Å². The van der Waals surface area contributed by atoms with Crippen molar-refractivity contribution in [2.45, 2.75) is 12.7 Å². The molecule has 1 aromatic carbocycles. The van der Waals surface area contributed by atoms with Gasteiger partial charge in [-0.3, -0.25) is 0 Å². The van der Waals surface area contributed by atoms with Gasteiger partial charge in [-0.2, -0.15) is 0 Å². The molecular formula is C11H11NO2. The number of benzene rings is 1. The fourth-order valence-corrected chi connectivity index (χ4v) is 1.78. The van der Waals surface area contributed by atoms with E-state index in [1.54, 1.807) is 0 Å². The zero-order chi connectivity index (χ0) is 9.60. The molecule has 1 fully saturated rings. The van der Waals surface area contributed by atoms with Crippen molar-refractivity contribution in [3.8, 4) is 0 Å². The van der Waals surface area contributed by atoms with Gasteiger partial charge >= 0.3 is 0 Å². The maximum absolute atomic E-state index is 5.30. The summed E-state index contributed by atoms with van der Waals surface area (Å²) in [7, 11) is 0. The summed E-state index contributed by atoms with van der Waals surface area (Å²) in [5.41, 5.74) is 2.11. The molecule has 0 saturated carbocycles. The third-order valence-electron chi connectivity index (χ3n) is 2.87. The molecule has 2 atom stereocenters. The molecule has 2 unspecified atom stereocenters. The minimum atomic E-state index is -0.425. The molecule has 14 heavy (non-hydrogen) atoms. The number of epoxide rings is 1. The van der Waals surface area contributed by atoms with E-state index in [1.165, 1.54) is 0 Å². The molecule has 1 saturated heterocycles. The van der Waals surface area contributed by atoms with Crippen LogP contribution in [-0.2, 0) is 9.57 Å². The van der Waals surface area contributed by atoms with Gasteiger partial charge in [0, 0.05) is 0 Å². The highest BCUT2D eigenvalue weighted by molar-refractivity contribution is 6.03. The number of rotatable bonds is 1. The third-order valence-corrected chi connectivity index (χ3v) is 2.87. The zero-order valence-corrected chi connectivity index (χ0v) is 7.93. The van der Waals surface area contributed by atoms with E-state index in [9.17, 15) is 0 Å². The van der Waals surface area contributed by atoms with Gasteiger partial charge in [-0.1, -0.05) is 42.4 Å². The lowest BCUT2D eigenvalue weighted by molar-refractivity contribution is -0.0381. The Labute approximate surface area is 82.3 Å². The van der Waals surface area contributed by atoms with E-state index in [-0.39, 0.29) is 5.92 Å². The second-order valence-electron chi connectivity index (χ2n) is 3.76. The summed E-state index contributed by atoms with van der Waals surface area (Å²) in [5.74, 6) is -0.199. The smallest absolute Gasteiger partial charge is 0.269 e. The average molecular weight is 189 g/mol. The van der Waals surface area contributed by atoms with Crippen molar-refractivity contribution in [3.05, 3.63) is 35.9 Å². The van der Waals surface area contributed by atoms with Crippen molar-refractivity contribution >= 4 is 5.71 Å². The molecule has 0 aliphatic carbocycles. The van der Waals surface area contributed by atoms with E-state index < -0.39 is 5.79 Å². The molecule has 1 spiro atoms. The van der Waals surface area contributed by atoms with E-state index in [0.29, 0.717) is 6.61 Å². The van der Waals surface area contributed by atoms with Crippen LogP contribution < -0.4 is 0 Å². The Morgan fingerprint density at radius 1 is 1.36 bits per heavy atom. The molecule has 2 heterocycles. The summed E-state index contributed by atoms with van der Waals surface area (Å²) in [6.45, 7) is 2.75. The Hall–Kier alpha value is -1.35. The fraction of sp³-hybridized carbons (Fsp3) is 0.364. The highest BCUT2D eigenvalue weighted by atomic mass is 16.8. The highest BCUT2D eigenvalue weighted by Crippen LogP contribution is 2.42. The van der Waals surface area contributed by atoms with Gasteiger partial charge in [0.05, 0.1) is 11.6 Å². The van der Waals surface area contributed by atoms with Crippen LogP contribution in [0.4, 0.5) is 0 Å². The number of oxime groups is 1. The molecule has 0 bridgehead atoms. The molecule has 0 radical (unpaired) electrons. The van der Waals surface area contributed by atoms with Gasteiger partial charge in [0.25, 0.3) is 5.79 Å². The normalized spacial score (nSPS) is 34.1. The SMILES string of the molecule is CC1C(c2ccccc2)=NOC12CO2. The number of hydrogen-bond donors (Lipinski definition) is 0. The highest BCUT2D eigenvalue weighted by Gasteiger charge is 2.58. The lowest BCUT2D eigenvalue weighted by atomic mass is 9.95. The van der Waals surface area contributed by atoms with E-state index in [2.05, 4.69) is 12.1 Å². The quantitative estimate of drug-likeness (QED) is 0.631. The second-order valence-corrected chi connectivity index (χ2v) is 3.76. The van der Waals surface area contributed by atoms with Gasteiger partial charge in [0.1, 0.15) is 6.61 Å². The summed E-state index contributed by atoms with van der Waals surface area (Å²) in [6, 6.07) is 10.1. The number of nitrogens with zero attached hydrogens (tertiary/aromatic N) is 1. The van der Waals surface area contributed by atoms with Gasteiger partial charge in [0.15, 0.2) is 0 Å². The minimum absolute atomic E-state index is 0.227. The molecule has 0 N–H and O–H groups in total. The first-order valence-electron chi connectivity index (χ1n) is 4.77. The molecule has 0 amide bonds. The van der Waals surface area contributed by atoms with Crippen LogP contribution in [0.15, 0.2) is 35.5 Å². The van der Waals surface area contributed by atoms with E-state index >= 15 is 0 Å². The van der Waals surface area contributed by atoms with Crippen LogP contribution >= 0.6 is 0 Å². The van der Waals surface area contributed by atoms with Gasteiger partial charge in [-0.05, 0) is 5.56 Å². The second kappa shape index (κ2) is 2.58. The monoisotopic (exact) mass is 189 g/mol. The Bertz CT molecular complexity index is 382. The van der Waals surface area contributed by atoms with Crippen molar-refractivity contribution < 1.29 is 9.57 Å². The first-order valence-corrected chi connectivity index (χ1v) is 4.77. The summed E-state index contributed by atoms with van der Waals surface area (Å²) in [6.07, 6.45) is 0. The van der Waals surface area contributed by atoms with Crippen LogP contribution in [0.5, 0.6) is 0 Å². The van der Waals surface area contributed by atoms with Crippen LogP contribution in [0.2, 0.25) is 0 Å². The predicted octanol–water partition coefficient (Wildman–Crippen LogP) is 1.78. The van der Waals surface area contributed by atoms with Crippen LogP contribution in [0, 0.1) is 5.92 Å². The van der Waals surface area contributed by atoms with Crippen LogP contribution in [0.3, 0.4) is 0 Å². The molecular weight excluding hydrogens is 178 g/mol. The van der Waals surface area contributed by atoms with Gasteiger partial charge in [0.2, 0.25) is 0 Å². The van der Waals surface area contributed by atoms with Crippen molar-refractivity contribution in [2.24, 2.45) is 11.1 Å². The molecule has 3 nitrogen and oxygen atoms in total. The molecule has 3 heteroatoms.